The van der Waals surface area contributed by atoms with Crippen LogP contribution in [0.5, 0.6) is 0 Å². The monoisotopic (exact) mass is 234 g/mol. The molecular formula is C10H22N2S2. The van der Waals surface area contributed by atoms with Gasteiger partial charge in [-0.05, 0) is 11.5 Å². The summed E-state index contributed by atoms with van der Waals surface area (Å²) in [5, 5.41) is 0. The Labute approximate surface area is 96.8 Å². The lowest BCUT2D eigenvalue weighted by Gasteiger charge is -2.34. The van der Waals surface area contributed by atoms with E-state index in [1.807, 2.05) is 23.5 Å². The normalized spacial score (nSPS) is 20.1. The van der Waals surface area contributed by atoms with E-state index < -0.39 is 0 Å². The van der Waals surface area contributed by atoms with E-state index in [9.17, 15) is 0 Å². The molecule has 1 aliphatic rings. The zero-order valence-corrected chi connectivity index (χ0v) is 11.0. The zero-order chi connectivity index (χ0) is 10.2. The van der Waals surface area contributed by atoms with Crippen molar-refractivity contribution in [1.29, 1.82) is 0 Å². The Hall–Kier alpha value is 0.620. The first kappa shape index (κ1) is 12.7. The third kappa shape index (κ3) is 4.91. The topological polar surface area (TPSA) is 6.48 Å². The average molecular weight is 234 g/mol. The summed E-state index contributed by atoms with van der Waals surface area (Å²) in [5.41, 5.74) is 0. The van der Waals surface area contributed by atoms with Crippen LogP contribution in [0, 0.1) is 0 Å². The molecule has 1 heterocycles. The molecule has 0 saturated carbocycles. The molecule has 1 aliphatic heterocycles. The minimum atomic E-state index is 1.23. The lowest BCUT2D eigenvalue weighted by Crippen LogP contribution is -2.45. The van der Waals surface area contributed by atoms with Crippen molar-refractivity contribution in [1.82, 2.24) is 9.80 Å². The Morgan fingerprint density at radius 2 is 1.14 bits per heavy atom. The summed E-state index contributed by atoms with van der Waals surface area (Å²) in [5.74, 6) is 4.94. The molecule has 1 rings (SSSR count). The van der Waals surface area contributed by atoms with Crippen molar-refractivity contribution in [3.8, 4) is 0 Å². The predicted molar refractivity (Wildman–Crippen MR) is 69.1 cm³/mol. The molecule has 0 aromatic heterocycles. The number of thioether (sulfide) groups is 2. The molecule has 1 fully saturated rings. The molecule has 0 radical (unpaired) electrons. The van der Waals surface area contributed by atoms with Crippen LogP contribution in [-0.2, 0) is 0 Å². The van der Waals surface area contributed by atoms with E-state index in [0.29, 0.717) is 0 Å². The summed E-state index contributed by atoms with van der Waals surface area (Å²) >= 11 is 4.07. The number of hydrogen-bond donors (Lipinski definition) is 0. The molecule has 0 bridgehead atoms. The first-order valence-electron chi connectivity index (χ1n) is 5.47. The Kier molecular flexibility index (Phi) is 7.12. The van der Waals surface area contributed by atoms with Gasteiger partial charge in [-0.15, -0.1) is 23.5 Å². The molecule has 0 spiro atoms. The van der Waals surface area contributed by atoms with Gasteiger partial charge in [-0.25, -0.2) is 0 Å². The van der Waals surface area contributed by atoms with E-state index in [4.69, 9.17) is 0 Å². The summed E-state index contributed by atoms with van der Waals surface area (Å²) in [6.07, 6.45) is 0. The second-order valence-electron chi connectivity index (χ2n) is 3.48. The van der Waals surface area contributed by atoms with Crippen molar-refractivity contribution < 1.29 is 0 Å². The van der Waals surface area contributed by atoms with Crippen molar-refractivity contribution in [3.05, 3.63) is 0 Å². The van der Waals surface area contributed by atoms with E-state index >= 15 is 0 Å². The van der Waals surface area contributed by atoms with Crippen LogP contribution < -0.4 is 0 Å². The Balaban J connectivity index is 2.05. The van der Waals surface area contributed by atoms with Crippen LogP contribution in [0.3, 0.4) is 0 Å². The molecule has 0 atom stereocenters. The smallest absolute Gasteiger partial charge is 0.0445 e. The van der Waals surface area contributed by atoms with Crippen LogP contribution >= 0.6 is 23.5 Å². The van der Waals surface area contributed by atoms with Gasteiger partial charge in [0.15, 0.2) is 0 Å². The fourth-order valence-electron chi connectivity index (χ4n) is 1.49. The maximum absolute atomic E-state index is 2.57. The number of hydrogen-bond acceptors (Lipinski definition) is 4. The van der Waals surface area contributed by atoms with E-state index in [1.165, 1.54) is 49.4 Å². The molecule has 2 nitrogen and oxygen atoms in total. The molecule has 4 heteroatoms. The van der Waals surface area contributed by atoms with E-state index in [-0.39, 0.29) is 0 Å². The van der Waals surface area contributed by atoms with Gasteiger partial charge < -0.3 is 0 Å². The highest BCUT2D eigenvalue weighted by atomic mass is 32.2. The summed E-state index contributed by atoms with van der Waals surface area (Å²) in [4.78, 5) is 5.14. The lowest BCUT2D eigenvalue weighted by atomic mass is 10.4. The van der Waals surface area contributed by atoms with Gasteiger partial charge in [-0.3, -0.25) is 9.80 Å². The van der Waals surface area contributed by atoms with Crippen molar-refractivity contribution >= 4 is 23.5 Å². The van der Waals surface area contributed by atoms with Crippen LogP contribution in [0.2, 0.25) is 0 Å². The number of piperazine rings is 1. The van der Waals surface area contributed by atoms with Gasteiger partial charge in [0.2, 0.25) is 0 Å². The molecule has 0 aromatic rings. The molecule has 0 unspecified atom stereocenters. The number of rotatable bonds is 6. The molecule has 1 saturated heterocycles. The van der Waals surface area contributed by atoms with Gasteiger partial charge in [0.05, 0.1) is 0 Å². The van der Waals surface area contributed by atoms with Gasteiger partial charge in [0.25, 0.3) is 0 Å². The Bertz CT molecular complexity index is 120. The van der Waals surface area contributed by atoms with Crippen molar-refractivity contribution in [3.63, 3.8) is 0 Å². The molecule has 0 aliphatic carbocycles. The van der Waals surface area contributed by atoms with Crippen LogP contribution in [0.15, 0.2) is 0 Å². The highest BCUT2D eigenvalue weighted by molar-refractivity contribution is 7.99. The summed E-state index contributed by atoms with van der Waals surface area (Å²) in [7, 11) is 0. The Morgan fingerprint density at radius 1 is 0.786 bits per heavy atom. The molecule has 0 aromatic carbocycles. The quantitative estimate of drug-likeness (QED) is 0.693. The van der Waals surface area contributed by atoms with Crippen molar-refractivity contribution in [2.45, 2.75) is 13.8 Å². The summed E-state index contributed by atoms with van der Waals surface area (Å²) in [6.45, 7) is 9.51. The van der Waals surface area contributed by atoms with E-state index in [0.717, 1.165) is 0 Å². The zero-order valence-electron chi connectivity index (χ0n) is 9.37. The minimum absolute atomic E-state index is 1.23. The first-order chi connectivity index (χ1) is 6.86. The molecule has 14 heavy (non-hydrogen) atoms. The second-order valence-corrected chi connectivity index (χ2v) is 5.97. The minimum Gasteiger partial charge on any atom is -0.292 e. The van der Waals surface area contributed by atoms with E-state index in [1.54, 1.807) is 0 Å². The second kappa shape index (κ2) is 7.85. The van der Waals surface area contributed by atoms with Crippen LogP contribution in [0.25, 0.3) is 0 Å². The number of nitrogens with zero attached hydrogens (tertiary/aromatic N) is 2. The van der Waals surface area contributed by atoms with Crippen LogP contribution in [0.1, 0.15) is 13.8 Å². The lowest BCUT2D eigenvalue weighted by molar-refractivity contribution is 0.169. The van der Waals surface area contributed by atoms with E-state index in [2.05, 4.69) is 23.6 Å². The van der Waals surface area contributed by atoms with Crippen LogP contribution in [-0.4, -0.2) is 59.2 Å². The standard InChI is InChI=1S/C10H22N2S2/c1-3-13-9-11-5-7-12(8-6-11)10-14-4-2/h3-10H2,1-2H3. The van der Waals surface area contributed by atoms with Gasteiger partial charge in [0, 0.05) is 37.9 Å². The molecule has 84 valence electrons. The maximum Gasteiger partial charge on any atom is 0.0445 e. The van der Waals surface area contributed by atoms with Gasteiger partial charge in [-0.1, -0.05) is 13.8 Å². The van der Waals surface area contributed by atoms with Crippen molar-refractivity contribution in [2.75, 3.05) is 49.4 Å². The fourth-order valence-corrected chi connectivity index (χ4v) is 2.89. The largest absolute Gasteiger partial charge is 0.292 e. The third-order valence-corrected chi connectivity index (χ3v) is 4.33. The SMILES string of the molecule is CCSCN1CCN(CSCC)CC1. The summed E-state index contributed by atoms with van der Waals surface area (Å²) < 4.78 is 0. The Morgan fingerprint density at radius 3 is 1.43 bits per heavy atom. The molecule has 0 amide bonds. The van der Waals surface area contributed by atoms with Gasteiger partial charge in [-0.2, -0.15) is 0 Å². The highest BCUT2D eigenvalue weighted by Gasteiger charge is 2.15. The molecular weight excluding hydrogens is 212 g/mol. The highest BCUT2D eigenvalue weighted by Crippen LogP contribution is 2.10. The average Bonchev–Trinajstić information content (AvgIpc) is 2.25. The summed E-state index contributed by atoms with van der Waals surface area (Å²) in [6, 6.07) is 0. The third-order valence-electron chi connectivity index (χ3n) is 2.42. The van der Waals surface area contributed by atoms with Gasteiger partial charge in [0.1, 0.15) is 0 Å². The maximum atomic E-state index is 2.57. The molecule has 0 N–H and O–H groups in total. The van der Waals surface area contributed by atoms with Crippen molar-refractivity contribution in [2.24, 2.45) is 0 Å². The first-order valence-corrected chi connectivity index (χ1v) is 7.78. The van der Waals surface area contributed by atoms with Crippen LogP contribution in [0.4, 0.5) is 0 Å². The fraction of sp³-hybridized carbons (Fsp3) is 1.00. The predicted octanol–water partition coefficient (Wildman–Crippen LogP) is 2.03. The van der Waals surface area contributed by atoms with Gasteiger partial charge >= 0.3 is 0 Å².